The number of benzene rings is 2. The highest BCUT2D eigenvalue weighted by molar-refractivity contribution is 6.31. The first-order valence-electron chi connectivity index (χ1n) is 7.70. The Bertz CT molecular complexity index is 891. The number of carbonyl (C=O) groups excluding carboxylic acids is 1. The number of carbonyl (C=O) groups is 2. The van der Waals surface area contributed by atoms with Gasteiger partial charge in [0.1, 0.15) is 11.5 Å². The van der Waals surface area contributed by atoms with Gasteiger partial charge >= 0.3 is 5.97 Å². The van der Waals surface area contributed by atoms with Crippen LogP contribution >= 0.6 is 11.6 Å². The number of hydrogen-bond acceptors (Lipinski definition) is 4. The third-order valence-corrected chi connectivity index (χ3v) is 3.50. The minimum absolute atomic E-state index is 0.0281. The summed E-state index contributed by atoms with van der Waals surface area (Å²) >= 11 is 5.58. The van der Waals surface area contributed by atoms with E-state index in [4.69, 9.17) is 22.1 Å². The zero-order valence-corrected chi connectivity index (χ0v) is 15.3. The van der Waals surface area contributed by atoms with E-state index < -0.39 is 5.97 Å². The van der Waals surface area contributed by atoms with Crippen LogP contribution in [0.3, 0.4) is 0 Å². The van der Waals surface area contributed by atoms with Crippen molar-refractivity contribution in [3.8, 4) is 0 Å². The Morgan fingerprint density at radius 3 is 2.48 bits per heavy atom. The number of halogens is 1. The predicted octanol–water partition coefficient (Wildman–Crippen LogP) is 4.60. The fraction of sp³-hybridized carbons (Fsp3) is 0.0500. The molecule has 2 aromatic rings. The maximum absolute atomic E-state index is 10.6. The van der Waals surface area contributed by atoms with Crippen LogP contribution in [0.25, 0.3) is 0 Å². The molecule has 4 N–H and O–H groups in total. The first kappa shape index (κ1) is 21.7. The Morgan fingerprint density at radius 2 is 1.93 bits per heavy atom. The van der Waals surface area contributed by atoms with E-state index in [2.05, 4.69) is 11.9 Å². The number of carboxylic acids is 1. The molecule has 1 amide bonds. The predicted molar refractivity (Wildman–Crippen MR) is 107 cm³/mol. The molecule has 7 heteroatoms. The summed E-state index contributed by atoms with van der Waals surface area (Å²) in [5, 5.41) is 28.4. The first-order chi connectivity index (χ1) is 12.8. The number of amides is 1. The molecule has 0 atom stereocenters. The summed E-state index contributed by atoms with van der Waals surface area (Å²) in [4.78, 5) is 20.7. The van der Waals surface area contributed by atoms with Crippen LogP contribution in [0.5, 0.6) is 0 Å². The quantitative estimate of drug-likeness (QED) is 0.251. The zero-order valence-electron chi connectivity index (χ0n) is 14.6. The Balaban J connectivity index is 0.000000271. The average molecular weight is 387 g/mol. The molecular weight excluding hydrogens is 368 g/mol. The van der Waals surface area contributed by atoms with E-state index in [9.17, 15) is 14.7 Å². The lowest BCUT2D eigenvalue weighted by atomic mass is 10.1. The van der Waals surface area contributed by atoms with Crippen molar-refractivity contribution < 1.29 is 19.8 Å². The van der Waals surface area contributed by atoms with Crippen molar-refractivity contribution in [2.24, 2.45) is 0 Å². The van der Waals surface area contributed by atoms with Gasteiger partial charge in [-0.15, -0.1) is 0 Å². The van der Waals surface area contributed by atoms with Gasteiger partial charge in [-0.25, -0.2) is 4.79 Å². The number of rotatable bonds is 6. The van der Waals surface area contributed by atoms with E-state index in [-0.39, 0.29) is 22.7 Å². The lowest BCUT2D eigenvalue weighted by Crippen LogP contribution is -2.04. The molecule has 2 rings (SSSR count). The molecule has 0 bridgehead atoms. The lowest BCUT2D eigenvalue weighted by Gasteiger charge is -2.03. The Morgan fingerprint density at radius 1 is 1.22 bits per heavy atom. The van der Waals surface area contributed by atoms with Crippen molar-refractivity contribution in [3.63, 3.8) is 0 Å². The highest BCUT2D eigenvalue weighted by Crippen LogP contribution is 2.19. The van der Waals surface area contributed by atoms with E-state index in [1.54, 1.807) is 6.07 Å². The molecule has 0 aliphatic heterocycles. The standard InChI is InChI=1S/C12H13NO.C8H6ClNO3/c1-3-5-11(14)12(13)10-7-4-6-9(2)8-10;9-5-1-2-7(10-4-11)6(3-5)8(12)13/h3-8,13-14H,1H2,2H3;1-4H,(H,10,11)(H,12,13)/b11-5-,13-12?;. The van der Waals surface area contributed by atoms with Gasteiger partial charge in [0.15, 0.2) is 0 Å². The fourth-order valence-corrected chi connectivity index (χ4v) is 2.20. The lowest BCUT2D eigenvalue weighted by molar-refractivity contribution is -0.105. The zero-order chi connectivity index (χ0) is 20.4. The van der Waals surface area contributed by atoms with Crippen LogP contribution in [-0.4, -0.2) is 28.3 Å². The molecule has 0 spiro atoms. The second-order valence-corrected chi connectivity index (χ2v) is 5.73. The van der Waals surface area contributed by atoms with Gasteiger partial charge in [0, 0.05) is 10.6 Å². The molecule has 0 fully saturated rings. The Hall–Kier alpha value is -3.38. The van der Waals surface area contributed by atoms with Crippen molar-refractivity contribution in [1.82, 2.24) is 0 Å². The minimum atomic E-state index is -1.13. The summed E-state index contributed by atoms with van der Waals surface area (Å²) in [6.45, 7) is 5.41. The number of nitrogens with one attached hydrogen (secondary N) is 2. The first-order valence-corrected chi connectivity index (χ1v) is 8.08. The second-order valence-electron chi connectivity index (χ2n) is 5.29. The van der Waals surface area contributed by atoms with Gasteiger partial charge in [-0.1, -0.05) is 48.0 Å². The summed E-state index contributed by atoms with van der Waals surface area (Å²) < 4.78 is 0. The van der Waals surface area contributed by atoms with Gasteiger partial charge < -0.3 is 15.5 Å². The normalized spacial score (nSPS) is 10.2. The molecule has 0 aromatic heterocycles. The van der Waals surface area contributed by atoms with E-state index in [0.29, 0.717) is 17.0 Å². The van der Waals surface area contributed by atoms with Gasteiger partial charge in [0.05, 0.1) is 11.3 Å². The van der Waals surface area contributed by atoms with Crippen LogP contribution in [0.1, 0.15) is 21.5 Å². The maximum Gasteiger partial charge on any atom is 0.337 e. The topological polar surface area (TPSA) is 110 Å². The number of aryl methyl sites for hydroxylation is 1. The van der Waals surface area contributed by atoms with Crippen molar-refractivity contribution in [2.45, 2.75) is 6.92 Å². The molecular formula is C20H19ClN2O4. The number of hydrogen-bond donors (Lipinski definition) is 4. The summed E-state index contributed by atoms with van der Waals surface area (Å²) in [6, 6.07) is 11.7. The molecule has 0 radical (unpaired) electrons. The molecule has 0 heterocycles. The van der Waals surface area contributed by atoms with Crippen LogP contribution in [-0.2, 0) is 4.79 Å². The van der Waals surface area contributed by atoms with Crippen LogP contribution in [0.15, 0.2) is 67.0 Å². The molecule has 140 valence electrons. The van der Waals surface area contributed by atoms with Gasteiger partial charge in [-0.2, -0.15) is 0 Å². The summed E-state index contributed by atoms with van der Waals surface area (Å²) in [6.07, 6.45) is 3.28. The maximum atomic E-state index is 10.6. The third kappa shape index (κ3) is 6.80. The fourth-order valence-electron chi connectivity index (χ4n) is 2.03. The van der Waals surface area contributed by atoms with Crippen LogP contribution in [0, 0.1) is 12.3 Å². The highest BCUT2D eigenvalue weighted by atomic mass is 35.5. The number of carboxylic acid groups (broad SMARTS) is 1. The van der Waals surface area contributed by atoms with Gasteiger partial charge in [0.2, 0.25) is 6.41 Å². The third-order valence-electron chi connectivity index (χ3n) is 3.27. The summed E-state index contributed by atoms with van der Waals surface area (Å²) in [5.74, 6) is -1.20. The van der Waals surface area contributed by atoms with Crippen molar-refractivity contribution in [1.29, 1.82) is 5.41 Å². The smallest absolute Gasteiger partial charge is 0.337 e. The molecule has 0 unspecified atom stereocenters. The van der Waals surface area contributed by atoms with Crippen LogP contribution in [0.2, 0.25) is 5.02 Å². The highest BCUT2D eigenvalue weighted by Gasteiger charge is 2.09. The van der Waals surface area contributed by atoms with Crippen molar-refractivity contribution in [2.75, 3.05) is 5.32 Å². The van der Waals surface area contributed by atoms with Gasteiger partial charge in [-0.3, -0.25) is 10.2 Å². The Kier molecular flexibility index (Phi) is 8.48. The molecule has 0 aliphatic carbocycles. The van der Waals surface area contributed by atoms with Gasteiger partial charge in [0.25, 0.3) is 0 Å². The average Bonchev–Trinajstić information content (AvgIpc) is 2.63. The Labute approximate surface area is 161 Å². The second kappa shape index (κ2) is 10.6. The van der Waals surface area contributed by atoms with Crippen LogP contribution < -0.4 is 5.32 Å². The van der Waals surface area contributed by atoms with E-state index >= 15 is 0 Å². The number of anilines is 1. The number of allylic oxidation sites excluding steroid dienone is 3. The van der Waals surface area contributed by atoms with Gasteiger partial charge in [-0.05, 0) is 37.3 Å². The number of aliphatic hydroxyl groups is 1. The van der Waals surface area contributed by atoms with E-state index in [0.717, 1.165) is 5.56 Å². The molecule has 0 saturated carbocycles. The van der Waals surface area contributed by atoms with Crippen molar-refractivity contribution in [3.05, 3.63) is 88.7 Å². The molecule has 6 nitrogen and oxygen atoms in total. The SMILES string of the molecule is C=C/C=C(\O)C(=N)c1cccc(C)c1.O=CNc1ccc(Cl)cc1C(=O)O. The summed E-state index contributed by atoms with van der Waals surface area (Å²) in [5.41, 5.74) is 2.10. The minimum Gasteiger partial charge on any atom is -0.506 e. The van der Waals surface area contributed by atoms with Crippen molar-refractivity contribution >= 4 is 35.4 Å². The number of aromatic carboxylic acids is 1. The largest absolute Gasteiger partial charge is 0.506 e. The molecule has 2 aromatic carbocycles. The molecule has 27 heavy (non-hydrogen) atoms. The summed E-state index contributed by atoms with van der Waals surface area (Å²) in [7, 11) is 0. The van der Waals surface area contributed by atoms with E-state index in [1.165, 1.54) is 30.4 Å². The molecule has 0 saturated heterocycles. The monoisotopic (exact) mass is 386 g/mol. The van der Waals surface area contributed by atoms with Crippen LogP contribution in [0.4, 0.5) is 5.69 Å². The number of aliphatic hydroxyl groups excluding tert-OH is 1. The molecule has 0 aliphatic rings. The van der Waals surface area contributed by atoms with E-state index in [1.807, 2.05) is 25.1 Å².